The van der Waals surface area contributed by atoms with E-state index in [4.69, 9.17) is 0 Å². The van der Waals surface area contributed by atoms with E-state index in [1.54, 1.807) is 29.9 Å². The maximum atomic E-state index is 11.1. The van der Waals surface area contributed by atoms with Crippen LogP contribution in [-0.2, 0) is 0 Å². The molecule has 1 aliphatic heterocycles. The lowest BCUT2D eigenvalue weighted by Gasteiger charge is -2.14. The molecule has 25 heavy (non-hydrogen) atoms. The molecule has 3 heterocycles. The average molecular weight is 347 g/mol. The van der Waals surface area contributed by atoms with Gasteiger partial charge in [0.15, 0.2) is 0 Å². The summed E-state index contributed by atoms with van der Waals surface area (Å²) >= 11 is 1.64. The van der Waals surface area contributed by atoms with E-state index < -0.39 is 6.10 Å². The molecule has 0 bridgehead atoms. The highest BCUT2D eigenvalue weighted by Gasteiger charge is 2.23. The number of rotatable bonds is 4. The third kappa shape index (κ3) is 3.04. The van der Waals surface area contributed by atoms with Crippen LogP contribution in [0.4, 0.5) is 0 Å². The van der Waals surface area contributed by atoms with E-state index >= 15 is 0 Å². The van der Waals surface area contributed by atoms with E-state index in [2.05, 4.69) is 21.3 Å². The molecule has 0 amide bonds. The zero-order valence-electron chi connectivity index (χ0n) is 13.8. The second kappa shape index (κ2) is 6.70. The van der Waals surface area contributed by atoms with Gasteiger partial charge in [-0.25, -0.2) is 0 Å². The third-order valence-corrected chi connectivity index (χ3v) is 5.56. The lowest BCUT2D eigenvalue weighted by molar-refractivity contribution is 0.220. The molecule has 1 atom stereocenters. The third-order valence-electron chi connectivity index (χ3n) is 4.31. The number of nitrogens with zero attached hydrogens (tertiary/aromatic N) is 3. The van der Waals surface area contributed by atoms with E-state index in [1.165, 1.54) is 0 Å². The first-order valence-electron chi connectivity index (χ1n) is 8.10. The first kappa shape index (κ1) is 15.9. The Labute approximate surface area is 150 Å². The number of pyridine rings is 1. The molecule has 5 heteroatoms. The van der Waals surface area contributed by atoms with Gasteiger partial charge in [-0.2, -0.15) is 10.2 Å². The molecular weight excluding hydrogens is 330 g/mol. The number of aryl methyl sites for hydroxylation is 1. The Balaban J connectivity index is 1.83. The minimum atomic E-state index is -0.689. The largest absolute Gasteiger partial charge is 0.384 e. The molecule has 4 rings (SSSR count). The second-order valence-electron chi connectivity index (χ2n) is 5.94. The molecule has 124 valence electrons. The highest BCUT2D eigenvalue weighted by molar-refractivity contribution is 7.17. The molecule has 0 saturated carbocycles. The summed E-state index contributed by atoms with van der Waals surface area (Å²) in [5.41, 5.74) is 4.87. The van der Waals surface area contributed by atoms with Gasteiger partial charge in [-0.1, -0.05) is 24.3 Å². The number of aromatic nitrogens is 1. The molecule has 1 aliphatic rings. The van der Waals surface area contributed by atoms with Crippen molar-refractivity contribution in [3.8, 4) is 10.4 Å². The summed E-state index contributed by atoms with van der Waals surface area (Å²) in [5.74, 6) is 0. The molecule has 0 spiro atoms. The normalized spacial score (nSPS) is 14.6. The molecule has 3 aromatic rings. The number of aliphatic hydroxyl groups excluding tert-OH is 1. The summed E-state index contributed by atoms with van der Waals surface area (Å²) in [6, 6.07) is 14.0. The van der Waals surface area contributed by atoms with Crippen molar-refractivity contribution in [3.63, 3.8) is 0 Å². The van der Waals surface area contributed by atoms with Crippen LogP contribution in [0.3, 0.4) is 0 Å². The van der Waals surface area contributed by atoms with Crippen molar-refractivity contribution in [1.82, 2.24) is 4.98 Å². The van der Waals surface area contributed by atoms with Gasteiger partial charge in [-0.05, 0) is 41.8 Å². The van der Waals surface area contributed by atoms with Gasteiger partial charge in [0, 0.05) is 35.5 Å². The van der Waals surface area contributed by atoms with Crippen LogP contribution in [-0.4, -0.2) is 22.0 Å². The zero-order valence-corrected chi connectivity index (χ0v) is 14.6. The van der Waals surface area contributed by atoms with Crippen LogP contribution >= 0.6 is 11.3 Å². The predicted molar refractivity (Wildman–Crippen MR) is 102 cm³/mol. The summed E-state index contributed by atoms with van der Waals surface area (Å²) in [7, 11) is 0. The highest BCUT2D eigenvalue weighted by Crippen LogP contribution is 2.38. The average Bonchev–Trinajstić information content (AvgIpc) is 3.32. The van der Waals surface area contributed by atoms with Crippen LogP contribution < -0.4 is 0 Å². The van der Waals surface area contributed by atoms with Gasteiger partial charge in [0.05, 0.1) is 10.6 Å². The quantitative estimate of drug-likeness (QED) is 0.761. The Morgan fingerprint density at radius 3 is 2.60 bits per heavy atom. The van der Waals surface area contributed by atoms with E-state index in [0.29, 0.717) is 6.42 Å². The van der Waals surface area contributed by atoms with Gasteiger partial charge < -0.3 is 5.11 Å². The van der Waals surface area contributed by atoms with Crippen LogP contribution in [0.2, 0.25) is 0 Å². The molecule has 4 nitrogen and oxygen atoms in total. The fraction of sp³-hybridized carbons (Fsp3) is 0.150. The summed E-state index contributed by atoms with van der Waals surface area (Å²) in [4.78, 5) is 6.18. The SMILES string of the molecule is Cc1ccccc1C(O)c1cc(-c2ccncc2)sc1C1=NN=CC1. The monoisotopic (exact) mass is 347 g/mol. The lowest BCUT2D eigenvalue weighted by Crippen LogP contribution is -2.06. The van der Waals surface area contributed by atoms with Crippen molar-refractivity contribution in [2.24, 2.45) is 10.2 Å². The lowest BCUT2D eigenvalue weighted by atomic mass is 9.96. The molecule has 0 radical (unpaired) electrons. The second-order valence-corrected chi connectivity index (χ2v) is 6.99. The number of benzene rings is 1. The highest BCUT2D eigenvalue weighted by atomic mass is 32.1. The van der Waals surface area contributed by atoms with Crippen molar-refractivity contribution >= 4 is 23.3 Å². The minimum absolute atomic E-state index is 0.689. The van der Waals surface area contributed by atoms with Gasteiger partial charge >= 0.3 is 0 Å². The number of hydrogen-bond donors (Lipinski definition) is 1. The van der Waals surface area contributed by atoms with Gasteiger partial charge in [-0.15, -0.1) is 11.3 Å². The van der Waals surface area contributed by atoms with Crippen molar-refractivity contribution < 1.29 is 5.11 Å². The Morgan fingerprint density at radius 1 is 1.08 bits per heavy atom. The maximum Gasteiger partial charge on any atom is 0.106 e. The summed E-state index contributed by atoms with van der Waals surface area (Å²) in [5, 5.41) is 19.3. The Hall–Kier alpha value is -2.63. The Kier molecular flexibility index (Phi) is 4.26. The van der Waals surface area contributed by atoms with Crippen LogP contribution in [0.5, 0.6) is 0 Å². The molecule has 1 unspecified atom stereocenters. The first-order valence-corrected chi connectivity index (χ1v) is 8.92. The first-order chi connectivity index (χ1) is 12.2. The minimum Gasteiger partial charge on any atom is -0.384 e. The van der Waals surface area contributed by atoms with Gasteiger partial charge in [0.1, 0.15) is 6.10 Å². The van der Waals surface area contributed by atoms with Crippen LogP contribution in [0.15, 0.2) is 65.1 Å². The molecule has 1 aromatic carbocycles. The predicted octanol–water partition coefficient (Wildman–Crippen LogP) is 4.38. The van der Waals surface area contributed by atoms with E-state index in [0.717, 1.165) is 37.7 Å². The van der Waals surface area contributed by atoms with Crippen molar-refractivity contribution in [1.29, 1.82) is 0 Å². The summed E-state index contributed by atoms with van der Waals surface area (Å²) in [6.45, 7) is 2.02. The van der Waals surface area contributed by atoms with E-state index in [1.807, 2.05) is 43.3 Å². The number of aliphatic hydroxyl groups is 1. The van der Waals surface area contributed by atoms with Crippen molar-refractivity contribution in [2.75, 3.05) is 0 Å². The van der Waals surface area contributed by atoms with Gasteiger partial charge in [-0.3, -0.25) is 4.98 Å². The maximum absolute atomic E-state index is 11.1. The zero-order chi connectivity index (χ0) is 17.2. The molecule has 0 saturated heterocycles. The summed E-state index contributed by atoms with van der Waals surface area (Å²) in [6.07, 6.45) is 5.37. The molecular formula is C20H17N3OS. The fourth-order valence-electron chi connectivity index (χ4n) is 2.97. The van der Waals surface area contributed by atoms with Crippen molar-refractivity contribution in [3.05, 3.63) is 76.4 Å². The van der Waals surface area contributed by atoms with Crippen LogP contribution in [0.1, 0.15) is 34.1 Å². The van der Waals surface area contributed by atoms with Gasteiger partial charge in [0.25, 0.3) is 0 Å². The van der Waals surface area contributed by atoms with Crippen molar-refractivity contribution in [2.45, 2.75) is 19.4 Å². The van der Waals surface area contributed by atoms with E-state index in [9.17, 15) is 5.11 Å². The molecule has 1 N–H and O–H groups in total. The molecule has 0 fully saturated rings. The van der Waals surface area contributed by atoms with Crippen LogP contribution in [0, 0.1) is 6.92 Å². The molecule has 2 aromatic heterocycles. The smallest absolute Gasteiger partial charge is 0.106 e. The van der Waals surface area contributed by atoms with Gasteiger partial charge in [0.2, 0.25) is 0 Å². The fourth-order valence-corrected chi connectivity index (χ4v) is 4.16. The Bertz CT molecular complexity index is 960. The van der Waals surface area contributed by atoms with E-state index in [-0.39, 0.29) is 0 Å². The number of hydrogen-bond acceptors (Lipinski definition) is 5. The van der Waals surface area contributed by atoms with Crippen LogP contribution in [0.25, 0.3) is 10.4 Å². The summed E-state index contributed by atoms with van der Waals surface area (Å²) < 4.78 is 0. The Morgan fingerprint density at radius 2 is 1.88 bits per heavy atom. The number of thiophene rings is 1. The topological polar surface area (TPSA) is 57.8 Å². The standard InChI is InChI=1S/C20H17N3OS/c1-13-4-2-3-5-15(13)19(24)16-12-18(14-6-9-21-10-7-14)25-20(16)17-8-11-22-23-17/h2-7,9-12,19,24H,8H2,1H3. The molecule has 0 aliphatic carbocycles.